The first kappa shape index (κ1) is 22.0. The molecule has 1 aliphatic heterocycles. The molecule has 0 unspecified atom stereocenters. The minimum atomic E-state index is -0.0865. The Morgan fingerprint density at radius 2 is 1.70 bits per heavy atom. The van der Waals surface area contributed by atoms with Crippen molar-refractivity contribution < 1.29 is 14.4 Å². The van der Waals surface area contributed by atoms with E-state index in [1.54, 1.807) is 6.07 Å². The Bertz CT molecular complexity index is 818. The largest absolute Gasteiger partial charge is 0.351 e. The predicted molar refractivity (Wildman–Crippen MR) is 117 cm³/mol. The quantitative estimate of drug-likeness (QED) is 0.596. The molecule has 0 atom stereocenters. The number of hydrogen-bond donors (Lipinski definition) is 2. The number of benzene rings is 1. The number of nitrogens with one attached hydrogen (secondary N) is 2. The van der Waals surface area contributed by atoms with Crippen LogP contribution in [0.2, 0.25) is 0 Å². The topological polar surface area (TPSA) is 81.8 Å². The van der Waals surface area contributed by atoms with Crippen molar-refractivity contribution in [1.29, 1.82) is 0 Å². The Morgan fingerprint density at radius 3 is 2.40 bits per heavy atom. The number of rotatable bonds is 9. The van der Waals surface area contributed by atoms with E-state index in [1.807, 2.05) is 46.7 Å². The number of amides is 3. The normalized spacial score (nSPS) is 14.3. The van der Waals surface area contributed by atoms with Crippen LogP contribution >= 0.6 is 11.3 Å². The molecule has 1 aliphatic rings. The van der Waals surface area contributed by atoms with Gasteiger partial charge >= 0.3 is 0 Å². The first-order valence-electron chi connectivity index (χ1n) is 10.2. The molecule has 8 heteroatoms. The van der Waals surface area contributed by atoms with Gasteiger partial charge in [0, 0.05) is 45.7 Å². The van der Waals surface area contributed by atoms with E-state index in [9.17, 15) is 14.4 Å². The summed E-state index contributed by atoms with van der Waals surface area (Å²) < 4.78 is 0. The van der Waals surface area contributed by atoms with E-state index in [0.29, 0.717) is 63.5 Å². The average Bonchev–Trinajstić information content (AvgIpc) is 3.31. The van der Waals surface area contributed by atoms with Crippen molar-refractivity contribution in [2.24, 2.45) is 0 Å². The number of carbonyl (C=O) groups is 3. The lowest BCUT2D eigenvalue weighted by Gasteiger charge is -2.34. The van der Waals surface area contributed by atoms with Crippen molar-refractivity contribution in [1.82, 2.24) is 20.4 Å². The minimum absolute atomic E-state index is 0.000104. The molecule has 7 nitrogen and oxygen atoms in total. The van der Waals surface area contributed by atoms with Crippen LogP contribution in [0, 0.1) is 0 Å². The molecule has 0 radical (unpaired) electrons. The Kier molecular flexibility index (Phi) is 8.41. The van der Waals surface area contributed by atoms with Crippen molar-refractivity contribution >= 4 is 29.1 Å². The van der Waals surface area contributed by atoms with Crippen LogP contribution in [0.25, 0.3) is 0 Å². The van der Waals surface area contributed by atoms with Crippen LogP contribution in [0.3, 0.4) is 0 Å². The predicted octanol–water partition coefficient (Wildman–Crippen LogP) is 1.72. The summed E-state index contributed by atoms with van der Waals surface area (Å²) in [6.45, 7) is 4.02. The lowest BCUT2D eigenvalue weighted by Crippen LogP contribution is -2.51. The van der Waals surface area contributed by atoms with Gasteiger partial charge in [0.2, 0.25) is 11.8 Å². The van der Waals surface area contributed by atoms with Gasteiger partial charge in [-0.05, 0) is 23.4 Å². The molecule has 1 aromatic heterocycles. The van der Waals surface area contributed by atoms with Gasteiger partial charge in [-0.25, -0.2) is 0 Å². The molecule has 3 amide bonds. The van der Waals surface area contributed by atoms with Gasteiger partial charge in [-0.15, -0.1) is 11.3 Å². The molecule has 0 aliphatic carbocycles. The molecule has 0 bridgehead atoms. The lowest BCUT2D eigenvalue weighted by atomic mass is 10.2. The molecule has 160 valence electrons. The van der Waals surface area contributed by atoms with Gasteiger partial charge in [0.1, 0.15) is 0 Å². The molecule has 1 fully saturated rings. The van der Waals surface area contributed by atoms with Gasteiger partial charge in [-0.3, -0.25) is 19.3 Å². The Hall–Kier alpha value is -2.71. The molecule has 0 spiro atoms. The van der Waals surface area contributed by atoms with Crippen molar-refractivity contribution in [3.63, 3.8) is 0 Å². The van der Waals surface area contributed by atoms with E-state index in [1.165, 1.54) is 11.3 Å². The number of hydrogen-bond acceptors (Lipinski definition) is 5. The molecule has 0 saturated carbocycles. The van der Waals surface area contributed by atoms with E-state index < -0.39 is 0 Å². The summed E-state index contributed by atoms with van der Waals surface area (Å²) in [5, 5.41) is 7.65. The molecule has 1 saturated heterocycles. The van der Waals surface area contributed by atoms with Crippen LogP contribution in [0.5, 0.6) is 0 Å². The van der Waals surface area contributed by atoms with Crippen molar-refractivity contribution in [2.75, 3.05) is 39.3 Å². The fraction of sp³-hybridized carbons (Fsp3) is 0.409. The SMILES string of the molecule is O=C(CN1CCN(C(=O)CCCNC(=O)c2cccs2)CC1)NCc1ccccc1. The number of piperazine rings is 1. The molecule has 2 aromatic rings. The zero-order valence-corrected chi connectivity index (χ0v) is 17.8. The van der Waals surface area contributed by atoms with E-state index in [4.69, 9.17) is 0 Å². The second-order valence-electron chi connectivity index (χ2n) is 7.26. The van der Waals surface area contributed by atoms with Crippen LogP contribution in [0.4, 0.5) is 0 Å². The van der Waals surface area contributed by atoms with Crippen LogP contribution in [0.1, 0.15) is 28.1 Å². The highest BCUT2D eigenvalue weighted by atomic mass is 32.1. The minimum Gasteiger partial charge on any atom is -0.351 e. The maximum Gasteiger partial charge on any atom is 0.261 e. The number of carbonyl (C=O) groups excluding carboxylic acids is 3. The summed E-state index contributed by atoms with van der Waals surface area (Å²) >= 11 is 1.40. The number of thiophene rings is 1. The second kappa shape index (κ2) is 11.5. The zero-order chi connectivity index (χ0) is 21.2. The Balaban J connectivity index is 1.27. The third kappa shape index (κ3) is 6.96. The maximum absolute atomic E-state index is 12.4. The summed E-state index contributed by atoms with van der Waals surface area (Å²) in [6, 6.07) is 13.5. The van der Waals surface area contributed by atoms with E-state index in [2.05, 4.69) is 15.5 Å². The Labute approximate surface area is 181 Å². The summed E-state index contributed by atoms with van der Waals surface area (Å²) in [5.41, 5.74) is 1.08. The van der Waals surface area contributed by atoms with Crippen LogP contribution in [-0.2, 0) is 16.1 Å². The smallest absolute Gasteiger partial charge is 0.261 e. The van der Waals surface area contributed by atoms with E-state index >= 15 is 0 Å². The molecule has 30 heavy (non-hydrogen) atoms. The monoisotopic (exact) mass is 428 g/mol. The fourth-order valence-electron chi connectivity index (χ4n) is 3.31. The van der Waals surface area contributed by atoms with Gasteiger partial charge < -0.3 is 15.5 Å². The summed E-state index contributed by atoms with van der Waals surface area (Å²) in [4.78, 5) is 41.0. The molecule has 2 N–H and O–H groups in total. The average molecular weight is 429 g/mol. The van der Waals surface area contributed by atoms with Crippen LogP contribution < -0.4 is 10.6 Å². The first-order valence-corrected chi connectivity index (χ1v) is 11.1. The van der Waals surface area contributed by atoms with Gasteiger partial charge in [-0.1, -0.05) is 36.4 Å². The standard InChI is InChI=1S/C22H28N4O3S/c27-20(24-16-18-6-2-1-3-7-18)17-25-11-13-26(14-12-25)21(28)9-4-10-23-22(29)19-8-5-15-30-19/h1-3,5-8,15H,4,9-14,16-17H2,(H,23,29)(H,24,27). The highest BCUT2D eigenvalue weighted by molar-refractivity contribution is 7.12. The lowest BCUT2D eigenvalue weighted by molar-refractivity contribution is -0.133. The van der Waals surface area contributed by atoms with E-state index in [-0.39, 0.29) is 17.7 Å². The second-order valence-corrected chi connectivity index (χ2v) is 8.20. The number of nitrogens with zero attached hydrogens (tertiary/aromatic N) is 2. The van der Waals surface area contributed by atoms with Gasteiger partial charge in [0.25, 0.3) is 5.91 Å². The summed E-state index contributed by atoms with van der Waals surface area (Å²) in [5.74, 6) is 0.0188. The third-order valence-electron chi connectivity index (χ3n) is 5.02. The third-order valence-corrected chi connectivity index (χ3v) is 5.89. The van der Waals surface area contributed by atoms with Crippen LogP contribution in [-0.4, -0.2) is 66.8 Å². The zero-order valence-electron chi connectivity index (χ0n) is 17.0. The molecular formula is C22H28N4O3S. The van der Waals surface area contributed by atoms with Crippen LogP contribution in [0.15, 0.2) is 47.8 Å². The summed E-state index contributed by atoms with van der Waals surface area (Å²) in [6.07, 6.45) is 1.04. The van der Waals surface area contributed by atoms with Crippen molar-refractivity contribution in [3.8, 4) is 0 Å². The molecule has 2 heterocycles. The van der Waals surface area contributed by atoms with E-state index in [0.717, 1.165) is 5.56 Å². The highest BCUT2D eigenvalue weighted by Crippen LogP contribution is 2.08. The molecular weight excluding hydrogens is 400 g/mol. The fourth-order valence-corrected chi connectivity index (χ4v) is 3.95. The van der Waals surface area contributed by atoms with Crippen molar-refractivity contribution in [3.05, 3.63) is 58.3 Å². The van der Waals surface area contributed by atoms with Gasteiger partial charge in [0.15, 0.2) is 0 Å². The molecule has 3 rings (SSSR count). The highest BCUT2D eigenvalue weighted by Gasteiger charge is 2.22. The van der Waals surface area contributed by atoms with Gasteiger partial charge in [-0.2, -0.15) is 0 Å². The maximum atomic E-state index is 12.4. The Morgan fingerprint density at radius 1 is 0.933 bits per heavy atom. The van der Waals surface area contributed by atoms with Gasteiger partial charge in [0.05, 0.1) is 11.4 Å². The van der Waals surface area contributed by atoms with Crippen molar-refractivity contribution in [2.45, 2.75) is 19.4 Å². The first-order chi connectivity index (χ1) is 14.6. The summed E-state index contributed by atoms with van der Waals surface area (Å²) in [7, 11) is 0. The molecule has 1 aromatic carbocycles.